The molecular weight excluding hydrogens is 373 g/mol. The predicted octanol–water partition coefficient (Wildman–Crippen LogP) is 0.754. The average molecular weight is 399 g/mol. The van der Waals surface area contributed by atoms with Crippen LogP contribution in [0.1, 0.15) is 19.8 Å². The van der Waals surface area contributed by atoms with Gasteiger partial charge in [0, 0.05) is 26.7 Å². The van der Waals surface area contributed by atoms with E-state index in [1.54, 1.807) is 7.05 Å². The lowest BCUT2D eigenvalue weighted by Gasteiger charge is -2.26. The Balaban J connectivity index is 0.00000200. The summed E-state index contributed by atoms with van der Waals surface area (Å²) >= 11 is 0. The van der Waals surface area contributed by atoms with Crippen molar-refractivity contribution >= 4 is 29.9 Å². The Morgan fingerprint density at radius 3 is 2.75 bits per heavy atom. The third-order valence-electron chi connectivity index (χ3n) is 3.54. The molecule has 2 heterocycles. The first-order valence-electron chi connectivity index (χ1n) is 7.00. The van der Waals surface area contributed by atoms with Crippen LogP contribution in [0, 0.1) is 0 Å². The highest BCUT2D eigenvalue weighted by atomic mass is 127. The standard InChI is InChI=1S/C13H25N3O3.HI/c1-13(4-3-5-19-13)10-16-12(14-2)15-8-11-9-17-6-7-18-11;/h11H,3-10H2,1-2H3,(H2,14,15,16);1H. The number of hydrogen-bond donors (Lipinski definition) is 2. The van der Waals surface area contributed by atoms with Gasteiger partial charge < -0.3 is 24.8 Å². The van der Waals surface area contributed by atoms with E-state index < -0.39 is 0 Å². The highest BCUT2D eigenvalue weighted by Gasteiger charge is 2.29. The molecule has 2 aliphatic heterocycles. The Morgan fingerprint density at radius 2 is 2.15 bits per heavy atom. The van der Waals surface area contributed by atoms with E-state index in [1.807, 2.05) is 0 Å². The molecular formula is C13H26IN3O3. The highest BCUT2D eigenvalue weighted by molar-refractivity contribution is 14.0. The van der Waals surface area contributed by atoms with Crippen LogP contribution in [-0.4, -0.2) is 64.2 Å². The molecule has 2 rings (SSSR count). The summed E-state index contributed by atoms with van der Waals surface area (Å²) in [5.41, 5.74) is -0.0674. The van der Waals surface area contributed by atoms with Gasteiger partial charge in [-0.2, -0.15) is 0 Å². The van der Waals surface area contributed by atoms with Gasteiger partial charge in [-0.15, -0.1) is 24.0 Å². The zero-order valence-corrected chi connectivity index (χ0v) is 14.6. The van der Waals surface area contributed by atoms with Crippen LogP contribution in [0.3, 0.4) is 0 Å². The molecule has 2 saturated heterocycles. The van der Waals surface area contributed by atoms with Crippen molar-refractivity contribution in [2.45, 2.75) is 31.5 Å². The van der Waals surface area contributed by atoms with Crippen molar-refractivity contribution in [3.63, 3.8) is 0 Å². The number of guanidine groups is 1. The molecule has 2 N–H and O–H groups in total. The van der Waals surface area contributed by atoms with Crippen LogP contribution < -0.4 is 10.6 Å². The molecule has 7 heteroatoms. The third-order valence-corrected chi connectivity index (χ3v) is 3.54. The number of ether oxygens (including phenoxy) is 3. The number of halogens is 1. The molecule has 20 heavy (non-hydrogen) atoms. The van der Waals surface area contributed by atoms with Gasteiger partial charge in [-0.05, 0) is 19.8 Å². The molecule has 0 aromatic rings. The van der Waals surface area contributed by atoms with Gasteiger partial charge in [0.15, 0.2) is 5.96 Å². The maximum absolute atomic E-state index is 5.74. The second-order valence-electron chi connectivity index (χ2n) is 5.28. The minimum Gasteiger partial charge on any atom is -0.376 e. The van der Waals surface area contributed by atoms with Crippen LogP contribution in [-0.2, 0) is 14.2 Å². The van der Waals surface area contributed by atoms with E-state index in [2.05, 4.69) is 22.5 Å². The lowest BCUT2D eigenvalue weighted by Crippen LogP contribution is -2.48. The van der Waals surface area contributed by atoms with Crippen LogP contribution >= 0.6 is 24.0 Å². The number of nitrogens with one attached hydrogen (secondary N) is 2. The predicted molar refractivity (Wildman–Crippen MR) is 88.9 cm³/mol. The summed E-state index contributed by atoms with van der Waals surface area (Å²) in [4.78, 5) is 4.21. The normalized spacial score (nSPS) is 30.7. The van der Waals surface area contributed by atoms with Gasteiger partial charge in [0.05, 0.1) is 31.5 Å². The van der Waals surface area contributed by atoms with Gasteiger partial charge in [0.1, 0.15) is 0 Å². The molecule has 2 fully saturated rings. The summed E-state index contributed by atoms with van der Waals surface area (Å²) < 4.78 is 16.7. The zero-order chi connectivity index (χ0) is 13.6. The molecule has 118 valence electrons. The van der Waals surface area contributed by atoms with Crippen molar-refractivity contribution < 1.29 is 14.2 Å². The van der Waals surface area contributed by atoms with E-state index in [0.29, 0.717) is 26.4 Å². The van der Waals surface area contributed by atoms with Gasteiger partial charge in [0.25, 0.3) is 0 Å². The molecule has 2 unspecified atom stereocenters. The molecule has 0 bridgehead atoms. The SMILES string of the molecule is CN=C(NCC1COCCO1)NCC1(C)CCCO1.I. The lowest BCUT2D eigenvalue weighted by molar-refractivity contribution is -0.0850. The quantitative estimate of drug-likeness (QED) is 0.415. The van der Waals surface area contributed by atoms with E-state index in [4.69, 9.17) is 14.2 Å². The van der Waals surface area contributed by atoms with Crippen molar-refractivity contribution in [2.75, 3.05) is 46.6 Å². The Kier molecular flexibility index (Phi) is 8.08. The average Bonchev–Trinajstić information content (AvgIpc) is 2.87. The largest absolute Gasteiger partial charge is 0.376 e. The van der Waals surface area contributed by atoms with Crippen molar-refractivity contribution in [2.24, 2.45) is 4.99 Å². The zero-order valence-electron chi connectivity index (χ0n) is 12.3. The highest BCUT2D eigenvalue weighted by Crippen LogP contribution is 2.23. The molecule has 2 atom stereocenters. The molecule has 0 radical (unpaired) electrons. The summed E-state index contributed by atoms with van der Waals surface area (Å²) in [7, 11) is 1.77. The topological polar surface area (TPSA) is 64.1 Å². The first-order chi connectivity index (χ1) is 9.22. The maximum atomic E-state index is 5.74. The minimum atomic E-state index is -0.0674. The smallest absolute Gasteiger partial charge is 0.191 e. The fraction of sp³-hybridized carbons (Fsp3) is 0.923. The second-order valence-corrected chi connectivity index (χ2v) is 5.28. The van der Waals surface area contributed by atoms with Crippen molar-refractivity contribution in [1.29, 1.82) is 0 Å². The van der Waals surface area contributed by atoms with E-state index in [9.17, 15) is 0 Å². The minimum absolute atomic E-state index is 0. The summed E-state index contributed by atoms with van der Waals surface area (Å²) in [5.74, 6) is 0.783. The van der Waals surface area contributed by atoms with Gasteiger partial charge >= 0.3 is 0 Å². The lowest BCUT2D eigenvalue weighted by atomic mass is 10.0. The van der Waals surface area contributed by atoms with Crippen LogP contribution in [0.2, 0.25) is 0 Å². The Bertz CT molecular complexity index is 303. The van der Waals surface area contributed by atoms with E-state index >= 15 is 0 Å². The van der Waals surface area contributed by atoms with E-state index in [0.717, 1.165) is 32.0 Å². The fourth-order valence-corrected chi connectivity index (χ4v) is 2.33. The molecule has 2 aliphatic rings. The van der Waals surface area contributed by atoms with E-state index in [-0.39, 0.29) is 35.7 Å². The first kappa shape index (κ1) is 17.9. The fourth-order valence-electron chi connectivity index (χ4n) is 2.33. The summed E-state index contributed by atoms with van der Waals surface area (Å²) in [6, 6.07) is 0. The third kappa shape index (κ3) is 5.71. The number of aliphatic imine (C=N–C) groups is 1. The molecule has 6 nitrogen and oxygen atoms in total. The summed E-state index contributed by atoms with van der Waals surface area (Å²) in [6.07, 6.45) is 2.33. The van der Waals surface area contributed by atoms with Gasteiger partial charge in [-0.3, -0.25) is 4.99 Å². The monoisotopic (exact) mass is 399 g/mol. The van der Waals surface area contributed by atoms with Crippen molar-refractivity contribution in [1.82, 2.24) is 10.6 Å². The maximum Gasteiger partial charge on any atom is 0.191 e. The molecule has 0 amide bonds. The van der Waals surface area contributed by atoms with Crippen LogP contribution in [0.25, 0.3) is 0 Å². The Labute approximate surface area is 138 Å². The van der Waals surface area contributed by atoms with Crippen molar-refractivity contribution in [3.8, 4) is 0 Å². The summed E-state index contributed by atoms with van der Waals surface area (Å²) in [6.45, 7) is 6.48. The molecule has 0 aliphatic carbocycles. The number of nitrogens with zero attached hydrogens (tertiary/aromatic N) is 1. The van der Waals surface area contributed by atoms with Crippen molar-refractivity contribution in [3.05, 3.63) is 0 Å². The number of rotatable bonds is 4. The second kappa shape index (κ2) is 9.01. The Morgan fingerprint density at radius 1 is 1.30 bits per heavy atom. The number of hydrogen-bond acceptors (Lipinski definition) is 4. The summed E-state index contributed by atoms with van der Waals surface area (Å²) in [5, 5.41) is 6.57. The molecule has 0 saturated carbocycles. The first-order valence-corrected chi connectivity index (χ1v) is 7.00. The Hall–Kier alpha value is -0.120. The molecule has 0 aromatic heterocycles. The van der Waals surface area contributed by atoms with E-state index in [1.165, 1.54) is 0 Å². The molecule has 0 spiro atoms. The van der Waals surface area contributed by atoms with Gasteiger partial charge in [0.2, 0.25) is 0 Å². The van der Waals surface area contributed by atoms with Crippen LogP contribution in [0.4, 0.5) is 0 Å². The van der Waals surface area contributed by atoms with Gasteiger partial charge in [-0.25, -0.2) is 0 Å². The van der Waals surface area contributed by atoms with Crippen LogP contribution in [0.5, 0.6) is 0 Å². The molecule has 0 aromatic carbocycles. The van der Waals surface area contributed by atoms with Crippen LogP contribution in [0.15, 0.2) is 4.99 Å². The van der Waals surface area contributed by atoms with Gasteiger partial charge in [-0.1, -0.05) is 0 Å².